The van der Waals surface area contributed by atoms with Crippen molar-refractivity contribution in [3.8, 4) is 5.88 Å². The van der Waals surface area contributed by atoms with Crippen LogP contribution in [0, 0.1) is 0 Å². The number of amides is 2. The van der Waals surface area contributed by atoms with Crippen LogP contribution in [-0.2, 0) is 11.2 Å². The number of rotatable bonds is 3. The van der Waals surface area contributed by atoms with Crippen LogP contribution < -0.4 is 10.1 Å². The fraction of sp³-hybridized carbons (Fsp3) is 0.471. The molecule has 136 valence electrons. The van der Waals surface area contributed by atoms with Crippen LogP contribution in [0.5, 0.6) is 5.88 Å². The fourth-order valence-corrected chi connectivity index (χ4v) is 3.25. The molecule has 0 spiro atoms. The third kappa shape index (κ3) is 3.00. The number of hydrogen-bond acceptors (Lipinski definition) is 7. The van der Waals surface area contributed by atoms with Crippen molar-refractivity contribution in [3.63, 3.8) is 0 Å². The number of carbonyl (C=O) groups excluding carboxylic acids is 2. The average molecular weight is 357 g/mol. The highest BCUT2D eigenvalue weighted by atomic mass is 16.5. The number of fused-ring (bicyclic) bond motifs is 1. The lowest BCUT2D eigenvalue weighted by atomic mass is 10.0. The van der Waals surface area contributed by atoms with Crippen LogP contribution in [0.3, 0.4) is 0 Å². The van der Waals surface area contributed by atoms with Gasteiger partial charge in [0.1, 0.15) is 5.69 Å². The Hall–Kier alpha value is -2.97. The summed E-state index contributed by atoms with van der Waals surface area (Å²) in [6, 6.07) is 1.38. The van der Waals surface area contributed by atoms with E-state index in [0.29, 0.717) is 41.8 Å². The molecule has 1 atom stereocenters. The standard InChI is InChI=1S/C17H19N5O4/c1-2-14-20-15(21-26-14)12-5-3-4-6-22(12)17(24)10-7-11-16(18-8-10)25-9-13(23)19-11/h7-8,12H,2-6,9H2,1H3,(H,19,23). The van der Waals surface area contributed by atoms with Gasteiger partial charge in [-0.15, -0.1) is 0 Å². The number of carbonyl (C=O) groups is 2. The van der Waals surface area contributed by atoms with E-state index in [1.54, 1.807) is 11.0 Å². The molecule has 1 N–H and O–H groups in total. The van der Waals surface area contributed by atoms with Crippen molar-refractivity contribution >= 4 is 17.5 Å². The number of nitrogens with zero attached hydrogens (tertiary/aromatic N) is 4. The van der Waals surface area contributed by atoms with E-state index in [4.69, 9.17) is 9.26 Å². The fourth-order valence-electron chi connectivity index (χ4n) is 3.25. The summed E-state index contributed by atoms with van der Waals surface area (Å²) in [6.07, 6.45) is 4.82. The third-order valence-corrected chi connectivity index (χ3v) is 4.56. The summed E-state index contributed by atoms with van der Waals surface area (Å²) >= 11 is 0. The van der Waals surface area contributed by atoms with Crippen LogP contribution in [0.4, 0.5) is 5.69 Å². The van der Waals surface area contributed by atoms with Crippen molar-refractivity contribution in [1.82, 2.24) is 20.0 Å². The average Bonchev–Trinajstić information content (AvgIpc) is 3.16. The van der Waals surface area contributed by atoms with Gasteiger partial charge in [0.25, 0.3) is 11.8 Å². The van der Waals surface area contributed by atoms with E-state index >= 15 is 0 Å². The summed E-state index contributed by atoms with van der Waals surface area (Å²) in [5, 5.41) is 6.72. The zero-order valence-electron chi connectivity index (χ0n) is 14.4. The summed E-state index contributed by atoms with van der Waals surface area (Å²) < 4.78 is 10.5. The smallest absolute Gasteiger partial charge is 0.262 e. The SMILES string of the molecule is CCc1nc(C2CCCCN2C(=O)c2cnc3c(c2)NC(=O)CO3)no1. The Bertz CT molecular complexity index is 849. The number of ether oxygens (including phenoxy) is 1. The largest absolute Gasteiger partial charge is 0.466 e. The summed E-state index contributed by atoms with van der Waals surface area (Å²) in [4.78, 5) is 34.9. The van der Waals surface area contributed by atoms with Crippen molar-refractivity contribution in [3.05, 3.63) is 29.5 Å². The van der Waals surface area contributed by atoms with E-state index in [9.17, 15) is 9.59 Å². The topological polar surface area (TPSA) is 110 Å². The Morgan fingerprint density at radius 3 is 3.12 bits per heavy atom. The Morgan fingerprint density at radius 2 is 2.31 bits per heavy atom. The Morgan fingerprint density at radius 1 is 1.42 bits per heavy atom. The molecule has 2 aromatic rings. The normalized spacial score (nSPS) is 19.5. The number of piperidine rings is 1. The van der Waals surface area contributed by atoms with Crippen LogP contribution in [0.2, 0.25) is 0 Å². The van der Waals surface area contributed by atoms with Crippen LogP contribution in [-0.4, -0.2) is 45.0 Å². The monoisotopic (exact) mass is 357 g/mol. The van der Waals surface area contributed by atoms with Gasteiger partial charge in [-0.3, -0.25) is 9.59 Å². The lowest BCUT2D eigenvalue weighted by Gasteiger charge is -2.34. The predicted octanol–water partition coefficient (Wildman–Crippen LogP) is 1.73. The minimum absolute atomic E-state index is 0.0704. The van der Waals surface area contributed by atoms with Crippen LogP contribution >= 0.6 is 0 Å². The number of aryl methyl sites for hydroxylation is 1. The molecule has 2 amide bonds. The molecule has 26 heavy (non-hydrogen) atoms. The number of pyridine rings is 1. The molecule has 1 saturated heterocycles. The first kappa shape index (κ1) is 16.5. The Labute approximate surface area is 149 Å². The molecular weight excluding hydrogens is 338 g/mol. The molecule has 1 fully saturated rings. The lowest BCUT2D eigenvalue weighted by molar-refractivity contribution is -0.118. The molecule has 9 heteroatoms. The minimum atomic E-state index is -0.265. The molecule has 0 aromatic carbocycles. The van der Waals surface area contributed by atoms with Crippen LogP contribution in [0.25, 0.3) is 0 Å². The van der Waals surface area contributed by atoms with Crippen molar-refractivity contribution < 1.29 is 18.8 Å². The summed E-state index contributed by atoms with van der Waals surface area (Å²) in [5.74, 6) is 0.985. The molecule has 0 saturated carbocycles. The van der Waals surface area contributed by atoms with Crippen molar-refractivity contribution in [2.45, 2.75) is 38.6 Å². The summed E-state index contributed by atoms with van der Waals surface area (Å²) in [7, 11) is 0. The maximum atomic E-state index is 13.1. The van der Waals surface area contributed by atoms with Gasteiger partial charge < -0.3 is 19.5 Å². The molecule has 4 heterocycles. The highest BCUT2D eigenvalue weighted by Gasteiger charge is 2.32. The first-order valence-corrected chi connectivity index (χ1v) is 8.72. The van der Waals surface area contributed by atoms with E-state index in [1.807, 2.05) is 6.92 Å². The van der Waals surface area contributed by atoms with E-state index in [1.165, 1.54) is 6.20 Å². The number of aromatic nitrogens is 3. The molecule has 1 unspecified atom stereocenters. The zero-order valence-corrected chi connectivity index (χ0v) is 14.4. The van der Waals surface area contributed by atoms with Gasteiger partial charge in [0, 0.05) is 19.2 Å². The van der Waals surface area contributed by atoms with Gasteiger partial charge in [0.05, 0.1) is 11.6 Å². The van der Waals surface area contributed by atoms with Crippen LogP contribution in [0.1, 0.15) is 54.3 Å². The van der Waals surface area contributed by atoms with Gasteiger partial charge in [-0.1, -0.05) is 12.1 Å². The molecule has 9 nitrogen and oxygen atoms in total. The van der Waals surface area contributed by atoms with Gasteiger partial charge in [0.2, 0.25) is 11.8 Å². The van der Waals surface area contributed by atoms with E-state index < -0.39 is 0 Å². The molecule has 0 bridgehead atoms. The number of hydrogen-bond donors (Lipinski definition) is 1. The first-order chi connectivity index (χ1) is 12.7. The van der Waals surface area contributed by atoms with E-state index in [0.717, 1.165) is 19.3 Å². The molecule has 4 rings (SSSR count). The highest BCUT2D eigenvalue weighted by molar-refractivity contribution is 5.99. The maximum absolute atomic E-state index is 13.1. The zero-order chi connectivity index (χ0) is 18.1. The van der Waals surface area contributed by atoms with E-state index in [2.05, 4.69) is 20.4 Å². The van der Waals surface area contributed by atoms with Gasteiger partial charge in [-0.2, -0.15) is 4.98 Å². The number of likely N-dealkylation sites (tertiary alicyclic amines) is 1. The van der Waals surface area contributed by atoms with Crippen molar-refractivity contribution in [1.29, 1.82) is 0 Å². The molecule has 2 aliphatic rings. The molecule has 2 aromatic heterocycles. The minimum Gasteiger partial charge on any atom is -0.466 e. The molecule has 0 radical (unpaired) electrons. The molecule has 2 aliphatic heterocycles. The second-order valence-corrected chi connectivity index (χ2v) is 6.32. The Balaban J connectivity index is 1.61. The predicted molar refractivity (Wildman–Crippen MR) is 89.7 cm³/mol. The second kappa shape index (κ2) is 6.74. The summed E-state index contributed by atoms with van der Waals surface area (Å²) in [5.41, 5.74) is 0.800. The Kier molecular flexibility index (Phi) is 4.27. The quantitative estimate of drug-likeness (QED) is 0.890. The van der Waals surface area contributed by atoms with Crippen molar-refractivity contribution in [2.75, 3.05) is 18.5 Å². The lowest BCUT2D eigenvalue weighted by Crippen LogP contribution is -2.39. The maximum Gasteiger partial charge on any atom is 0.262 e. The van der Waals surface area contributed by atoms with E-state index in [-0.39, 0.29) is 24.5 Å². The molecular formula is C17H19N5O4. The first-order valence-electron chi connectivity index (χ1n) is 8.72. The van der Waals surface area contributed by atoms with Gasteiger partial charge in [-0.05, 0) is 25.3 Å². The third-order valence-electron chi connectivity index (χ3n) is 4.56. The number of nitrogens with one attached hydrogen (secondary N) is 1. The number of anilines is 1. The molecule has 0 aliphatic carbocycles. The van der Waals surface area contributed by atoms with Crippen LogP contribution in [0.15, 0.2) is 16.8 Å². The van der Waals surface area contributed by atoms with Gasteiger partial charge in [-0.25, -0.2) is 4.98 Å². The van der Waals surface area contributed by atoms with Gasteiger partial charge >= 0.3 is 0 Å². The van der Waals surface area contributed by atoms with Crippen molar-refractivity contribution in [2.24, 2.45) is 0 Å². The summed E-state index contributed by atoms with van der Waals surface area (Å²) in [6.45, 7) is 2.48. The highest BCUT2D eigenvalue weighted by Crippen LogP contribution is 2.32. The van der Waals surface area contributed by atoms with Gasteiger partial charge in [0.15, 0.2) is 12.4 Å². The second-order valence-electron chi connectivity index (χ2n) is 6.32.